The van der Waals surface area contributed by atoms with Gasteiger partial charge in [0.15, 0.2) is 0 Å². The molecule has 2 aromatic rings. The van der Waals surface area contributed by atoms with Gasteiger partial charge in [-0.05, 0) is 61.4 Å². The third-order valence-corrected chi connectivity index (χ3v) is 6.42. The van der Waals surface area contributed by atoms with Crippen LogP contribution in [0.15, 0.2) is 60.7 Å². The van der Waals surface area contributed by atoms with E-state index in [2.05, 4.69) is 0 Å². The molecule has 0 spiro atoms. The number of fused-ring (bicyclic) bond motifs is 1. The van der Waals surface area contributed by atoms with E-state index in [1.54, 1.807) is 12.1 Å². The van der Waals surface area contributed by atoms with Crippen LogP contribution in [0.5, 0.6) is 5.75 Å². The van der Waals surface area contributed by atoms with Gasteiger partial charge in [-0.15, -0.1) is 0 Å². The predicted octanol–water partition coefficient (Wildman–Crippen LogP) is 3.24. The summed E-state index contributed by atoms with van der Waals surface area (Å²) in [5.74, 6) is -2.62. The molecule has 5 rings (SSSR count). The Morgan fingerprint density at radius 1 is 0.848 bits per heavy atom. The molecule has 33 heavy (non-hydrogen) atoms. The Morgan fingerprint density at radius 3 is 2.03 bits per heavy atom. The Hall–Kier alpha value is -3.81. The summed E-state index contributed by atoms with van der Waals surface area (Å²) >= 11 is 0. The first-order valence-electron chi connectivity index (χ1n) is 10.8. The van der Waals surface area contributed by atoms with Crippen molar-refractivity contribution in [2.45, 2.75) is 19.3 Å². The lowest BCUT2D eigenvalue weighted by Gasteiger charge is -2.17. The molecular weight excluding hydrogens is 427 g/mol. The molecule has 2 aliphatic heterocycles. The van der Waals surface area contributed by atoms with Crippen LogP contribution < -0.4 is 14.5 Å². The van der Waals surface area contributed by atoms with Gasteiger partial charge in [0.2, 0.25) is 17.7 Å². The molecule has 2 aromatic carbocycles. The maximum Gasteiger partial charge on any atom is 0.316 e. The van der Waals surface area contributed by atoms with Crippen LogP contribution in [-0.2, 0) is 19.2 Å². The Morgan fingerprint density at radius 2 is 1.42 bits per heavy atom. The summed E-state index contributed by atoms with van der Waals surface area (Å²) in [6.07, 6.45) is 5.00. The number of nitrogens with zero attached hydrogens (tertiary/aromatic N) is 2. The summed E-state index contributed by atoms with van der Waals surface area (Å²) in [6.45, 7) is 0.148. The topological polar surface area (TPSA) is 84.0 Å². The maximum absolute atomic E-state index is 13.1. The minimum atomic E-state index is -0.653. The molecule has 7 nitrogen and oxygen atoms in total. The van der Waals surface area contributed by atoms with Crippen molar-refractivity contribution in [2.75, 3.05) is 16.3 Å². The molecule has 3 atom stereocenters. The Balaban J connectivity index is 1.24. The van der Waals surface area contributed by atoms with Crippen LogP contribution in [0.2, 0.25) is 0 Å². The molecule has 0 N–H and O–H groups in total. The highest BCUT2D eigenvalue weighted by Crippen LogP contribution is 2.38. The van der Waals surface area contributed by atoms with Gasteiger partial charge in [-0.25, -0.2) is 4.39 Å². The van der Waals surface area contributed by atoms with E-state index in [1.807, 2.05) is 12.2 Å². The van der Waals surface area contributed by atoms with E-state index in [4.69, 9.17) is 4.74 Å². The number of benzene rings is 2. The SMILES string of the molecule is O=C(Oc1ccc(N2C(=O)[C@@H]3CC=CC[C@H]3C2=O)cc1)[C@H]1CC(=O)N(c2ccc(F)cc2)C1. The van der Waals surface area contributed by atoms with Crippen molar-refractivity contribution in [2.24, 2.45) is 17.8 Å². The van der Waals surface area contributed by atoms with E-state index in [0.717, 1.165) is 0 Å². The third-order valence-electron chi connectivity index (χ3n) is 6.42. The van der Waals surface area contributed by atoms with Crippen LogP contribution in [0.3, 0.4) is 0 Å². The predicted molar refractivity (Wildman–Crippen MR) is 117 cm³/mol. The van der Waals surface area contributed by atoms with Gasteiger partial charge in [0.05, 0.1) is 23.4 Å². The van der Waals surface area contributed by atoms with Crippen LogP contribution >= 0.6 is 0 Å². The summed E-state index contributed by atoms with van der Waals surface area (Å²) in [5, 5.41) is 0. The zero-order valence-electron chi connectivity index (χ0n) is 17.6. The maximum atomic E-state index is 13.1. The number of carbonyl (C=O) groups excluding carboxylic acids is 4. The molecule has 8 heteroatoms. The molecule has 0 radical (unpaired) electrons. The third kappa shape index (κ3) is 3.82. The second-order valence-electron chi connectivity index (χ2n) is 8.46. The second kappa shape index (κ2) is 8.27. The Labute approximate surface area is 189 Å². The summed E-state index contributed by atoms with van der Waals surface area (Å²) < 4.78 is 18.6. The first-order valence-corrected chi connectivity index (χ1v) is 10.8. The molecule has 168 valence electrons. The molecule has 0 bridgehead atoms. The number of hydrogen-bond donors (Lipinski definition) is 0. The lowest BCUT2D eigenvalue weighted by atomic mass is 9.85. The second-order valence-corrected chi connectivity index (χ2v) is 8.46. The fraction of sp³-hybridized carbons (Fsp3) is 0.280. The Kier molecular flexibility index (Phi) is 5.28. The normalized spacial score (nSPS) is 24.4. The smallest absolute Gasteiger partial charge is 0.316 e. The molecule has 3 amide bonds. The van der Waals surface area contributed by atoms with Crippen LogP contribution in [-0.4, -0.2) is 30.2 Å². The lowest BCUT2D eigenvalue weighted by Crippen LogP contribution is -2.30. The summed E-state index contributed by atoms with van der Waals surface area (Å²) in [4.78, 5) is 53.0. The fourth-order valence-corrected chi connectivity index (χ4v) is 4.65. The summed E-state index contributed by atoms with van der Waals surface area (Å²) in [5.41, 5.74) is 0.967. The number of rotatable bonds is 4. The van der Waals surface area contributed by atoms with Gasteiger partial charge in [-0.1, -0.05) is 12.2 Å². The van der Waals surface area contributed by atoms with Crippen molar-refractivity contribution in [3.05, 3.63) is 66.5 Å². The highest BCUT2D eigenvalue weighted by Gasteiger charge is 2.47. The van der Waals surface area contributed by atoms with Gasteiger partial charge in [0, 0.05) is 18.7 Å². The van der Waals surface area contributed by atoms with Crippen LogP contribution in [0.25, 0.3) is 0 Å². The molecule has 0 aromatic heterocycles. The van der Waals surface area contributed by atoms with Crippen molar-refractivity contribution in [1.29, 1.82) is 0 Å². The first kappa shape index (κ1) is 21.1. The zero-order chi connectivity index (χ0) is 23.1. The standard InChI is InChI=1S/C25H21FN2O5/c26-16-5-7-17(8-6-16)27-14-15(13-22(27)29)25(32)33-19-11-9-18(10-12-19)28-23(30)20-3-1-2-4-21(20)24(28)31/h1-2,5-12,15,20-21H,3-4,13-14H2/t15-,20+,21+/m0/s1. The highest BCUT2D eigenvalue weighted by molar-refractivity contribution is 6.22. The van der Waals surface area contributed by atoms with Crippen LogP contribution in [0.4, 0.5) is 15.8 Å². The number of amides is 3. The molecule has 0 saturated carbocycles. The van der Waals surface area contributed by atoms with Crippen molar-refractivity contribution in [3.8, 4) is 5.75 Å². The average Bonchev–Trinajstić information content (AvgIpc) is 3.33. The molecule has 1 aliphatic carbocycles. The van der Waals surface area contributed by atoms with Crippen LogP contribution in [0, 0.1) is 23.6 Å². The molecule has 2 heterocycles. The number of imide groups is 1. The van der Waals surface area contributed by atoms with Gasteiger partial charge < -0.3 is 9.64 Å². The molecule has 0 unspecified atom stereocenters. The first-order chi connectivity index (χ1) is 15.9. The fourth-order valence-electron chi connectivity index (χ4n) is 4.65. The van der Waals surface area contributed by atoms with Gasteiger partial charge in [-0.3, -0.25) is 24.1 Å². The number of hydrogen-bond acceptors (Lipinski definition) is 5. The van der Waals surface area contributed by atoms with Crippen molar-refractivity contribution < 1.29 is 28.3 Å². The Bertz CT molecular complexity index is 1130. The number of ether oxygens (including phenoxy) is 1. The molecule has 2 saturated heterocycles. The van der Waals surface area contributed by atoms with Gasteiger partial charge in [0.1, 0.15) is 11.6 Å². The minimum absolute atomic E-state index is 0.00187. The average molecular weight is 448 g/mol. The van der Waals surface area contributed by atoms with Gasteiger partial charge in [0.25, 0.3) is 0 Å². The monoisotopic (exact) mass is 448 g/mol. The molecule has 3 aliphatic rings. The minimum Gasteiger partial charge on any atom is -0.426 e. The quantitative estimate of drug-likeness (QED) is 0.310. The van der Waals surface area contributed by atoms with Crippen molar-refractivity contribution >= 4 is 35.1 Å². The molecule has 2 fully saturated rings. The van der Waals surface area contributed by atoms with E-state index < -0.39 is 17.7 Å². The molecular formula is C25H21FN2O5. The number of esters is 1. The van der Waals surface area contributed by atoms with Crippen molar-refractivity contribution in [1.82, 2.24) is 0 Å². The van der Waals surface area contributed by atoms with Crippen LogP contribution in [0.1, 0.15) is 19.3 Å². The van der Waals surface area contributed by atoms with Crippen molar-refractivity contribution in [3.63, 3.8) is 0 Å². The number of anilines is 2. The van der Waals surface area contributed by atoms with E-state index in [9.17, 15) is 23.6 Å². The van der Waals surface area contributed by atoms with E-state index in [1.165, 1.54) is 46.2 Å². The number of allylic oxidation sites excluding steroid dienone is 2. The number of halogens is 1. The lowest BCUT2D eigenvalue weighted by molar-refractivity contribution is -0.139. The summed E-state index contributed by atoms with van der Waals surface area (Å²) in [7, 11) is 0. The largest absolute Gasteiger partial charge is 0.426 e. The highest BCUT2D eigenvalue weighted by atomic mass is 19.1. The van der Waals surface area contributed by atoms with Gasteiger partial charge in [-0.2, -0.15) is 0 Å². The van der Waals surface area contributed by atoms with Gasteiger partial charge >= 0.3 is 5.97 Å². The van der Waals surface area contributed by atoms with E-state index in [-0.39, 0.29) is 48.3 Å². The van der Waals surface area contributed by atoms with E-state index >= 15 is 0 Å². The zero-order valence-corrected chi connectivity index (χ0v) is 17.6. The summed E-state index contributed by atoms with van der Waals surface area (Å²) in [6, 6.07) is 11.7. The number of carbonyl (C=O) groups is 4. The van der Waals surface area contributed by atoms with E-state index in [0.29, 0.717) is 24.2 Å².